The minimum atomic E-state index is -3.58. The third-order valence-electron chi connectivity index (χ3n) is 3.61. The highest BCUT2D eigenvalue weighted by atomic mass is 32.2. The van der Waals surface area contributed by atoms with Gasteiger partial charge in [-0.2, -0.15) is 4.31 Å². The first-order chi connectivity index (χ1) is 10.5. The fraction of sp³-hybridized carbons (Fsp3) is 0.600. The molecule has 1 aromatic carbocycles. The van der Waals surface area contributed by atoms with Crippen LogP contribution in [0.5, 0.6) is 11.5 Å². The van der Waals surface area contributed by atoms with Gasteiger partial charge in [-0.05, 0) is 33.0 Å². The van der Waals surface area contributed by atoms with Gasteiger partial charge in [0.1, 0.15) is 16.4 Å². The quantitative estimate of drug-likeness (QED) is 0.790. The third kappa shape index (κ3) is 3.71. The van der Waals surface area contributed by atoms with Gasteiger partial charge in [0.2, 0.25) is 10.0 Å². The number of rotatable bonds is 6. The highest BCUT2D eigenvalue weighted by Gasteiger charge is 2.30. The monoisotopic (exact) mass is 328 g/mol. The first-order valence-electron chi connectivity index (χ1n) is 7.57. The summed E-state index contributed by atoms with van der Waals surface area (Å²) in [4.78, 5) is 2.30. The normalized spacial score (nSPS) is 17.4. The van der Waals surface area contributed by atoms with E-state index in [-0.39, 0.29) is 4.90 Å². The topological polar surface area (TPSA) is 59.1 Å². The maximum absolute atomic E-state index is 12.9. The summed E-state index contributed by atoms with van der Waals surface area (Å²) in [6.45, 7) is 7.05. The molecule has 2 rings (SSSR count). The summed E-state index contributed by atoms with van der Waals surface area (Å²) in [5.74, 6) is 0.920. The van der Waals surface area contributed by atoms with Crippen LogP contribution in [0.4, 0.5) is 0 Å². The Hall–Kier alpha value is -1.31. The lowest BCUT2D eigenvalue weighted by molar-refractivity contribution is 0.221. The first kappa shape index (κ1) is 17.1. The molecule has 0 N–H and O–H groups in total. The minimum Gasteiger partial charge on any atom is -0.494 e. The van der Waals surface area contributed by atoms with E-state index in [1.165, 1.54) is 4.31 Å². The molecule has 0 aliphatic carbocycles. The van der Waals surface area contributed by atoms with Crippen molar-refractivity contribution in [3.63, 3.8) is 0 Å². The molecule has 22 heavy (non-hydrogen) atoms. The maximum Gasteiger partial charge on any atom is 0.246 e. The second-order valence-electron chi connectivity index (χ2n) is 5.18. The minimum absolute atomic E-state index is 0.185. The molecule has 7 heteroatoms. The van der Waals surface area contributed by atoms with Crippen LogP contribution in [0.25, 0.3) is 0 Å². The van der Waals surface area contributed by atoms with E-state index in [4.69, 9.17) is 9.47 Å². The summed E-state index contributed by atoms with van der Waals surface area (Å²) < 4.78 is 38.3. The van der Waals surface area contributed by atoms with Crippen LogP contribution < -0.4 is 9.47 Å². The first-order valence-corrected chi connectivity index (χ1v) is 9.01. The summed E-state index contributed by atoms with van der Waals surface area (Å²) in [6.07, 6.45) is 0. The van der Waals surface area contributed by atoms with Crippen LogP contribution in [0.2, 0.25) is 0 Å². The summed E-state index contributed by atoms with van der Waals surface area (Å²) >= 11 is 0. The van der Waals surface area contributed by atoms with E-state index in [2.05, 4.69) is 4.90 Å². The average molecular weight is 328 g/mol. The van der Waals surface area contributed by atoms with E-state index in [0.29, 0.717) is 37.8 Å². The Kier molecular flexibility index (Phi) is 5.66. The van der Waals surface area contributed by atoms with Gasteiger partial charge in [0.05, 0.1) is 13.2 Å². The molecule has 1 aromatic rings. The van der Waals surface area contributed by atoms with Crippen molar-refractivity contribution in [1.82, 2.24) is 9.21 Å². The Labute approximate surface area is 132 Å². The van der Waals surface area contributed by atoms with Gasteiger partial charge in [-0.3, -0.25) is 0 Å². The second kappa shape index (κ2) is 7.30. The molecular formula is C15H24N2O4S. The van der Waals surface area contributed by atoms with E-state index in [0.717, 1.165) is 13.1 Å². The molecule has 0 unspecified atom stereocenters. The number of benzene rings is 1. The Balaban J connectivity index is 2.36. The molecule has 1 fully saturated rings. The van der Waals surface area contributed by atoms with Gasteiger partial charge in [0.25, 0.3) is 0 Å². The number of hydrogen-bond acceptors (Lipinski definition) is 5. The molecule has 0 spiro atoms. The summed E-state index contributed by atoms with van der Waals surface area (Å²) in [6, 6.07) is 4.96. The van der Waals surface area contributed by atoms with Gasteiger partial charge in [-0.1, -0.05) is 0 Å². The molecule has 1 aliphatic rings. The number of ether oxygens (including phenoxy) is 2. The van der Waals surface area contributed by atoms with E-state index in [1.54, 1.807) is 18.2 Å². The fourth-order valence-electron chi connectivity index (χ4n) is 2.39. The summed E-state index contributed by atoms with van der Waals surface area (Å²) in [5, 5.41) is 0. The molecule has 1 heterocycles. The Bertz CT molecular complexity index is 596. The van der Waals surface area contributed by atoms with Crippen LogP contribution >= 0.6 is 0 Å². The van der Waals surface area contributed by atoms with Crippen molar-refractivity contribution in [3.8, 4) is 11.5 Å². The molecule has 0 saturated carbocycles. The second-order valence-corrected chi connectivity index (χ2v) is 7.09. The molecule has 124 valence electrons. The zero-order valence-corrected chi connectivity index (χ0v) is 14.2. The summed E-state index contributed by atoms with van der Waals surface area (Å²) in [7, 11) is -1.59. The molecule has 0 bridgehead atoms. The van der Waals surface area contributed by atoms with Crippen molar-refractivity contribution in [1.29, 1.82) is 0 Å². The fourth-order valence-corrected chi connectivity index (χ4v) is 3.96. The van der Waals surface area contributed by atoms with Gasteiger partial charge in [0.15, 0.2) is 0 Å². The Morgan fingerprint density at radius 3 is 2.27 bits per heavy atom. The standard InChI is InChI=1S/C15H24N2O4S/c1-4-20-13-6-7-14(21-5-2)15(12-13)22(18,19)17-10-8-16(3)9-11-17/h6-7,12H,4-5,8-11H2,1-3H3. The van der Waals surface area contributed by atoms with Crippen LogP contribution in [-0.2, 0) is 10.0 Å². The average Bonchev–Trinajstić information content (AvgIpc) is 2.49. The Morgan fingerprint density at radius 2 is 1.68 bits per heavy atom. The number of likely N-dealkylation sites (N-methyl/N-ethyl adjacent to an activating group) is 1. The van der Waals surface area contributed by atoms with Crippen molar-refractivity contribution in [2.45, 2.75) is 18.7 Å². The van der Waals surface area contributed by atoms with E-state index >= 15 is 0 Å². The number of nitrogens with zero attached hydrogens (tertiary/aromatic N) is 2. The van der Waals surface area contributed by atoms with Crippen molar-refractivity contribution in [2.24, 2.45) is 0 Å². The maximum atomic E-state index is 12.9. The van der Waals surface area contributed by atoms with Crippen LogP contribution in [0.1, 0.15) is 13.8 Å². The van der Waals surface area contributed by atoms with Crippen LogP contribution in [-0.4, -0.2) is 64.1 Å². The van der Waals surface area contributed by atoms with Gasteiger partial charge < -0.3 is 14.4 Å². The van der Waals surface area contributed by atoms with Gasteiger partial charge in [-0.25, -0.2) is 8.42 Å². The molecular weight excluding hydrogens is 304 g/mol. The van der Waals surface area contributed by atoms with Crippen LogP contribution in [0.15, 0.2) is 23.1 Å². The lowest BCUT2D eigenvalue weighted by Crippen LogP contribution is -2.47. The predicted octanol–water partition coefficient (Wildman–Crippen LogP) is 1.42. The smallest absolute Gasteiger partial charge is 0.246 e. The number of piperazine rings is 1. The van der Waals surface area contributed by atoms with Crippen LogP contribution in [0, 0.1) is 0 Å². The highest BCUT2D eigenvalue weighted by molar-refractivity contribution is 7.89. The summed E-state index contributed by atoms with van der Waals surface area (Å²) in [5.41, 5.74) is 0. The SMILES string of the molecule is CCOc1ccc(OCC)c(S(=O)(=O)N2CCN(C)CC2)c1. The van der Waals surface area contributed by atoms with Crippen molar-refractivity contribution in [3.05, 3.63) is 18.2 Å². The molecule has 0 aromatic heterocycles. The molecule has 0 amide bonds. The highest BCUT2D eigenvalue weighted by Crippen LogP contribution is 2.31. The largest absolute Gasteiger partial charge is 0.494 e. The van der Waals surface area contributed by atoms with Crippen molar-refractivity contribution >= 4 is 10.0 Å². The molecule has 6 nitrogen and oxygen atoms in total. The van der Waals surface area contributed by atoms with Crippen LogP contribution in [0.3, 0.4) is 0 Å². The van der Waals surface area contributed by atoms with Gasteiger partial charge >= 0.3 is 0 Å². The predicted molar refractivity (Wildman–Crippen MR) is 85.0 cm³/mol. The zero-order chi connectivity index (χ0) is 16.2. The van der Waals surface area contributed by atoms with Gasteiger partial charge in [0, 0.05) is 32.2 Å². The zero-order valence-electron chi connectivity index (χ0n) is 13.4. The van der Waals surface area contributed by atoms with E-state index in [9.17, 15) is 8.42 Å². The lowest BCUT2D eigenvalue weighted by atomic mass is 10.3. The van der Waals surface area contributed by atoms with Crippen molar-refractivity contribution in [2.75, 3.05) is 46.4 Å². The van der Waals surface area contributed by atoms with Crippen molar-refractivity contribution < 1.29 is 17.9 Å². The van der Waals surface area contributed by atoms with Gasteiger partial charge in [-0.15, -0.1) is 0 Å². The Morgan fingerprint density at radius 1 is 1.05 bits per heavy atom. The molecule has 0 atom stereocenters. The molecule has 0 radical (unpaired) electrons. The number of sulfonamides is 1. The number of hydrogen-bond donors (Lipinski definition) is 0. The molecule has 1 aliphatic heterocycles. The van der Waals surface area contributed by atoms with E-state index < -0.39 is 10.0 Å². The lowest BCUT2D eigenvalue weighted by Gasteiger charge is -2.32. The van der Waals surface area contributed by atoms with E-state index in [1.807, 2.05) is 20.9 Å². The molecule has 1 saturated heterocycles. The third-order valence-corrected chi connectivity index (χ3v) is 5.53.